The van der Waals surface area contributed by atoms with Crippen LogP contribution < -0.4 is 10.2 Å². The summed E-state index contributed by atoms with van der Waals surface area (Å²) in [6.07, 6.45) is 10.00. The van der Waals surface area contributed by atoms with Gasteiger partial charge in [0.15, 0.2) is 0 Å². The number of rotatable bonds is 3. The molecule has 3 aliphatic rings. The van der Waals surface area contributed by atoms with Crippen LogP contribution in [-0.4, -0.2) is 49.0 Å². The number of hydrogen-bond acceptors (Lipinski definition) is 8. The first-order valence-electron chi connectivity index (χ1n) is 10.4. The molecule has 0 spiro atoms. The minimum absolute atomic E-state index is 0.353. The lowest BCUT2D eigenvalue weighted by molar-refractivity contribution is -0.115. The third-order valence-electron chi connectivity index (χ3n) is 5.87. The van der Waals surface area contributed by atoms with Gasteiger partial charge in [0, 0.05) is 38.2 Å². The van der Waals surface area contributed by atoms with Crippen molar-refractivity contribution < 1.29 is 9.59 Å². The Bertz CT molecular complexity index is 1010. The third-order valence-corrected chi connectivity index (χ3v) is 6.68. The zero-order valence-corrected chi connectivity index (χ0v) is 17.4. The van der Waals surface area contributed by atoms with Crippen molar-refractivity contribution in [2.24, 2.45) is 0 Å². The summed E-state index contributed by atoms with van der Waals surface area (Å²) in [5, 5.41) is 10.9. The van der Waals surface area contributed by atoms with Gasteiger partial charge in [0.2, 0.25) is 5.95 Å². The zero-order chi connectivity index (χ0) is 20.5. The summed E-state index contributed by atoms with van der Waals surface area (Å²) >= 11 is 0.894. The highest BCUT2D eigenvalue weighted by Crippen LogP contribution is 2.30. The van der Waals surface area contributed by atoms with Crippen molar-refractivity contribution in [3.05, 3.63) is 34.5 Å². The first-order valence-corrected chi connectivity index (χ1v) is 11.2. The highest BCUT2D eigenvalue weighted by Gasteiger charge is 2.28. The number of aryl methyl sites for hydroxylation is 1. The van der Waals surface area contributed by atoms with Crippen molar-refractivity contribution in [1.29, 1.82) is 0 Å². The molecular formula is C20H23N7O2S. The Morgan fingerprint density at radius 2 is 1.97 bits per heavy atom. The van der Waals surface area contributed by atoms with Crippen LogP contribution in [0, 0.1) is 0 Å². The first kappa shape index (κ1) is 19.2. The van der Waals surface area contributed by atoms with E-state index in [-0.39, 0.29) is 11.1 Å². The van der Waals surface area contributed by atoms with Crippen molar-refractivity contribution in [3.8, 4) is 0 Å². The molecule has 0 aliphatic carbocycles. The van der Waals surface area contributed by atoms with Crippen molar-refractivity contribution in [1.82, 2.24) is 30.0 Å². The van der Waals surface area contributed by atoms with Crippen LogP contribution in [-0.2, 0) is 17.8 Å². The van der Waals surface area contributed by atoms with E-state index < -0.39 is 0 Å². The molecule has 0 saturated carbocycles. The number of anilines is 1. The van der Waals surface area contributed by atoms with Crippen LogP contribution in [0.2, 0.25) is 0 Å². The van der Waals surface area contributed by atoms with Crippen LogP contribution >= 0.6 is 11.8 Å². The maximum absolute atomic E-state index is 11.8. The van der Waals surface area contributed by atoms with E-state index in [4.69, 9.17) is 0 Å². The topological polar surface area (TPSA) is 106 Å². The van der Waals surface area contributed by atoms with Gasteiger partial charge >= 0.3 is 0 Å². The summed E-state index contributed by atoms with van der Waals surface area (Å²) in [5.74, 6) is 2.97. The Balaban J connectivity index is 1.27. The molecule has 2 fully saturated rings. The molecule has 1 N–H and O–H groups in total. The summed E-state index contributed by atoms with van der Waals surface area (Å²) < 4.78 is 2.35. The van der Waals surface area contributed by atoms with Crippen LogP contribution in [0.1, 0.15) is 55.4 Å². The molecule has 2 saturated heterocycles. The molecule has 0 radical (unpaired) electrons. The average molecular weight is 426 g/mol. The van der Waals surface area contributed by atoms with Gasteiger partial charge in [-0.1, -0.05) is 6.42 Å². The molecule has 10 heteroatoms. The second-order valence-corrected chi connectivity index (χ2v) is 8.85. The number of thioether (sulfide) groups is 1. The molecular weight excluding hydrogens is 402 g/mol. The largest absolute Gasteiger partial charge is 0.341 e. The Labute approximate surface area is 178 Å². The molecule has 9 nitrogen and oxygen atoms in total. The second-order valence-electron chi connectivity index (χ2n) is 7.83. The molecule has 3 aliphatic heterocycles. The molecule has 0 atom stereocenters. The minimum Gasteiger partial charge on any atom is -0.341 e. The average Bonchev–Trinajstić information content (AvgIpc) is 3.21. The predicted octanol–water partition coefficient (Wildman–Crippen LogP) is 2.50. The highest BCUT2D eigenvalue weighted by molar-refractivity contribution is 8.18. The highest BCUT2D eigenvalue weighted by atomic mass is 32.2. The molecule has 30 heavy (non-hydrogen) atoms. The van der Waals surface area contributed by atoms with E-state index in [1.165, 1.54) is 19.3 Å². The summed E-state index contributed by atoms with van der Waals surface area (Å²) in [7, 11) is 0. The van der Waals surface area contributed by atoms with Crippen LogP contribution in [0.3, 0.4) is 0 Å². The number of fused-ring (bicyclic) bond motifs is 1. The smallest absolute Gasteiger partial charge is 0.290 e. The second kappa shape index (κ2) is 8.17. The maximum atomic E-state index is 11.8. The van der Waals surface area contributed by atoms with Gasteiger partial charge in [0.05, 0.1) is 10.6 Å². The van der Waals surface area contributed by atoms with Crippen molar-refractivity contribution in [2.45, 2.75) is 51.0 Å². The fourth-order valence-electron chi connectivity index (χ4n) is 4.30. The lowest BCUT2D eigenvalue weighted by atomic mass is 9.96. The fourth-order valence-corrected chi connectivity index (χ4v) is 4.96. The Morgan fingerprint density at radius 1 is 1.10 bits per heavy atom. The number of imide groups is 1. The minimum atomic E-state index is -0.376. The number of aromatic nitrogens is 5. The predicted molar refractivity (Wildman–Crippen MR) is 113 cm³/mol. The van der Waals surface area contributed by atoms with Gasteiger partial charge in [-0.2, -0.15) is 0 Å². The normalized spacial score (nSPS) is 21.6. The number of hydrogen-bond donors (Lipinski definition) is 1. The number of nitrogens with one attached hydrogen (secondary N) is 1. The van der Waals surface area contributed by atoms with Gasteiger partial charge in [-0.05, 0) is 49.6 Å². The van der Waals surface area contributed by atoms with Gasteiger partial charge in [0.25, 0.3) is 11.1 Å². The van der Waals surface area contributed by atoms with E-state index >= 15 is 0 Å². The molecule has 2 amide bonds. The van der Waals surface area contributed by atoms with E-state index in [9.17, 15) is 9.59 Å². The zero-order valence-electron chi connectivity index (χ0n) is 16.6. The van der Waals surface area contributed by atoms with E-state index in [0.717, 1.165) is 62.3 Å². The summed E-state index contributed by atoms with van der Waals surface area (Å²) in [6.45, 7) is 2.73. The van der Waals surface area contributed by atoms with Crippen LogP contribution in [0.25, 0.3) is 6.08 Å². The van der Waals surface area contributed by atoms with E-state index in [1.807, 2.05) is 0 Å². The maximum Gasteiger partial charge on any atom is 0.290 e. The lowest BCUT2D eigenvalue weighted by Gasteiger charge is -2.31. The molecule has 5 rings (SSSR count). The van der Waals surface area contributed by atoms with E-state index in [1.54, 1.807) is 18.3 Å². The van der Waals surface area contributed by atoms with E-state index in [0.29, 0.717) is 22.5 Å². The van der Waals surface area contributed by atoms with Gasteiger partial charge in [-0.15, -0.1) is 10.2 Å². The summed E-state index contributed by atoms with van der Waals surface area (Å²) in [4.78, 5) is 34.6. The monoisotopic (exact) mass is 425 g/mol. The quantitative estimate of drug-likeness (QED) is 0.748. The van der Waals surface area contributed by atoms with Crippen LogP contribution in [0.15, 0.2) is 17.2 Å². The molecule has 156 valence electrons. The fraction of sp³-hybridized carbons (Fsp3) is 0.500. The lowest BCUT2D eigenvalue weighted by Crippen LogP contribution is -2.35. The van der Waals surface area contributed by atoms with Gasteiger partial charge in [-0.3, -0.25) is 14.9 Å². The van der Waals surface area contributed by atoms with E-state index in [2.05, 4.69) is 34.9 Å². The Hall–Kier alpha value is -2.75. The van der Waals surface area contributed by atoms with Gasteiger partial charge < -0.3 is 9.47 Å². The van der Waals surface area contributed by atoms with Crippen molar-refractivity contribution in [2.75, 3.05) is 18.0 Å². The molecule has 2 aromatic rings. The molecule has 0 bridgehead atoms. The Morgan fingerprint density at radius 3 is 2.77 bits per heavy atom. The van der Waals surface area contributed by atoms with Crippen LogP contribution in [0.5, 0.6) is 0 Å². The molecule has 0 unspecified atom stereocenters. The number of amides is 2. The molecule has 2 aromatic heterocycles. The summed E-state index contributed by atoms with van der Waals surface area (Å²) in [5.41, 5.74) is 0.622. The SMILES string of the molecule is O=C1NC(=O)/C(=C/c2ccnc(N3CCC(c4nnc5n4CCCCC5)CC3)n2)S1. The van der Waals surface area contributed by atoms with Crippen molar-refractivity contribution in [3.63, 3.8) is 0 Å². The molecule has 0 aromatic carbocycles. The number of carbonyl (C=O) groups is 2. The van der Waals surface area contributed by atoms with Crippen molar-refractivity contribution >= 4 is 34.9 Å². The standard InChI is InChI=1S/C20H23N7O2S/c28-18-15(30-20(29)23-18)12-14-5-8-21-19(22-14)26-10-6-13(7-11-26)17-25-24-16-4-2-1-3-9-27(16)17/h5,8,12-13H,1-4,6-7,9-11H2,(H,23,28,29)/b15-12-. The third kappa shape index (κ3) is 3.83. The Kier molecular flexibility index (Phi) is 5.24. The molecule has 5 heterocycles. The first-order chi connectivity index (χ1) is 14.7. The number of nitrogens with zero attached hydrogens (tertiary/aromatic N) is 6. The summed E-state index contributed by atoms with van der Waals surface area (Å²) in [6, 6.07) is 1.74. The number of piperidine rings is 1. The number of carbonyl (C=O) groups excluding carboxylic acids is 2. The van der Waals surface area contributed by atoms with Gasteiger partial charge in [0.1, 0.15) is 11.6 Å². The van der Waals surface area contributed by atoms with Gasteiger partial charge in [-0.25, -0.2) is 9.97 Å². The van der Waals surface area contributed by atoms with Crippen LogP contribution in [0.4, 0.5) is 10.7 Å².